The van der Waals surface area contributed by atoms with E-state index >= 15 is 0 Å². The van der Waals surface area contributed by atoms with E-state index < -0.39 is 30.1 Å². The monoisotopic (exact) mass is 412 g/mol. The first-order valence-electron chi connectivity index (χ1n) is 9.79. The highest BCUT2D eigenvalue weighted by molar-refractivity contribution is 5.86. The maximum atomic E-state index is 14.5. The Labute approximate surface area is 173 Å². The highest BCUT2D eigenvalue weighted by Crippen LogP contribution is 2.30. The molecule has 0 amide bonds. The molecule has 0 radical (unpaired) electrons. The summed E-state index contributed by atoms with van der Waals surface area (Å²) in [6.07, 6.45) is 1.45. The van der Waals surface area contributed by atoms with Crippen LogP contribution in [0.4, 0.5) is 8.78 Å². The first kappa shape index (κ1) is 20.5. The van der Waals surface area contributed by atoms with Crippen molar-refractivity contribution in [2.45, 2.75) is 31.3 Å². The van der Waals surface area contributed by atoms with E-state index in [1.165, 1.54) is 6.07 Å². The minimum Gasteiger partial charge on any atom is -0.461 e. The molecule has 3 aromatic carbocycles. The summed E-state index contributed by atoms with van der Waals surface area (Å²) in [5.74, 6) is -1.75. The number of halogens is 2. The van der Waals surface area contributed by atoms with Gasteiger partial charge in [0.25, 0.3) is 0 Å². The third-order valence-corrected chi connectivity index (χ3v) is 5.06. The topological polar surface area (TPSA) is 58.9 Å². The Morgan fingerprint density at radius 2 is 1.80 bits per heavy atom. The van der Waals surface area contributed by atoms with Crippen molar-refractivity contribution in [3.8, 4) is 5.75 Å². The van der Waals surface area contributed by atoms with Gasteiger partial charge in [0.15, 0.2) is 11.6 Å². The standard InChI is InChI=1S/C24H22F2O4/c25-19-10-18(8-6-15-5-7-16-3-1-2-4-17(16)9-15)24(22(26)11-19)30-23-13-20(28)12-21(14-27)29-23/h1-11,20-21,23,27-28H,12-14H2/b8-6+/t20-,21-,23-/m0/s1. The van der Waals surface area contributed by atoms with E-state index in [4.69, 9.17) is 9.47 Å². The lowest BCUT2D eigenvalue weighted by Gasteiger charge is -2.32. The molecule has 0 saturated carbocycles. The predicted molar refractivity (Wildman–Crippen MR) is 111 cm³/mol. The van der Waals surface area contributed by atoms with Crippen LogP contribution >= 0.6 is 0 Å². The van der Waals surface area contributed by atoms with Gasteiger partial charge in [0.1, 0.15) is 5.82 Å². The molecule has 1 heterocycles. The van der Waals surface area contributed by atoms with Crippen LogP contribution in [-0.2, 0) is 4.74 Å². The number of rotatable bonds is 5. The lowest BCUT2D eigenvalue weighted by Crippen LogP contribution is -2.40. The van der Waals surface area contributed by atoms with Gasteiger partial charge in [-0.3, -0.25) is 0 Å². The van der Waals surface area contributed by atoms with Crippen molar-refractivity contribution in [3.63, 3.8) is 0 Å². The third kappa shape index (κ3) is 4.67. The van der Waals surface area contributed by atoms with Gasteiger partial charge in [-0.05, 0) is 28.5 Å². The molecule has 1 aliphatic heterocycles. The van der Waals surface area contributed by atoms with E-state index in [1.54, 1.807) is 12.2 Å². The fraction of sp³-hybridized carbons (Fsp3) is 0.250. The van der Waals surface area contributed by atoms with Crippen molar-refractivity contribution < 1.29 is 28.5 Å². The molecule has 0 aromatic heterocycles. The Morgan fingerprint density at radius 1 is 1.00 bits per heavy atom. The molecule has 1 fully saturated rings. The molecular weight excluding hydrogens is 390 g/mol. The number of hydrogen-bond donors (Lipinski definition) is 2. The van der Waals surface area contributed by atoms with Gasteiger partial charge < -0.3 is 19.7 Å². The molecule has 6 heteroatoms. The van der Waals surface area contributed by atoms with Crippen LogP contribution in [0.2, 0.25) is 0 Å². The summed E-state index contributed by atoms with van der Waals surface area (Å²) in [4.78, 5) is 0. The zero-order valence-electron chi connectivity index (χ0n) is 16.2. The second kappa shape index (κ2) is 8.92. The Hall–Kier alpha value is -2.80. The number of aliphatic hydroxyl groups excluding tert-OH is 2. The first-order chi connectivity index (χ1) is 14.5. The van der Waals surface area contributed by atoms with Crippen LogP contribution in [0.5, 0.6) is 5.75 Å². The SMILES string of the molecule is OC[C@@H]1C[C@H](O)C[C@H](Oc2c(F)cc(F)cc2/C=C/c2ccc3ccccc3c2)O1. The lowest BCUT2D eigenvalue weighted by atomic mass is 10.0. The highest BCUT2D eigenvalue weighted by atomic mass is 19.1. The van der Waals surface area contributed by atoms with Crippen LogP contribution in [0, 0.1) is 11.6 Å². The van der Waals surface area contributed by atoms with Crippen molar-refractivity contribution in [2.75, 3.05) is 6.61 Å². The van der Waals surface area contributed by atoms with Gasteiger partial charge in [-0.1, -0.05) is 48.6 Å². The van der Waals surface area contributed by atoms with Crippen LogP contribution < -0.4 is 4.74 Å². The van der Waals surface area contributed by atoms with Gasteiger partial charge >= 0.3 is 0 Å². The Balaban J connectivity index is 1.61. The molecule has 0 spiro atoms. The summed E-state index contributed by atoms with van der Waals surface area (Å²) in [7, 11) is 0. The number of ether oxygens (including phenoxy) is 2. The Morgan fingerprint density at radius 3 is 2.60 bits per heavy atom. The van der Waals surface area contributed by atoms with E-state index in [9.17, 15) is 19.0 Å². The van der Waals surface area contributed by atoms with Gasteiger partial charge in [0, 0.05) is 24.5 Å². The van der Waals surface area contributed by atoms with Gasteiger partial charge in [0.2, 0.25) is 6.29 Å². The molecule has 0 unspecified atom stereocenters. The molecule has 0 aliphatic carbocycles. The van der Waals surface area contributed by atoms with Crippen LogP contribution in [0.25, 0.3) is 22.9 Å². The molecule has 1 aliphatic rings. The fourth-order valence-electron chi connectivity index (χ4n) is 3.60. The molecular formula is C24H22F2O4. The van der Waals surface area contributed by atoms with Gasteiger partial charge in [-0.2, -0.15) is 0 Å². The van der Waals surface area contributed by atoms with E-state index in [2.05, 4.69) is 0 Å². The molecule has 0 bridgehead atoms. The number of aliphatic hydroxyl groups is 2. The summed E-state index contributed by atoms with van der Waals surface area (Å²) in [6, 6.07) is 15.7. The lowest BCUT2D eigenvalue weighted by molar-refractivity contribution is -0.185. The smallest absolute Gasteiger partial charge is 0.202 e. The molecule has 30 heavy (non-hydrogen) atoms. The van der Waals surface area contributed by atoms with Crippen LogP contribution in [-0.4, -0.2) is 35.3 Å². The van der Waals surface area contributed by atoms with Crippen molar-refractivity contribution in [3.05, 3.63) is 77.4 Å². The number of benzene rings is 3. The van der Waals surface area contributed by atoms with Gasteiger partial charge in [0.05, 0.1) is 18.8 Å². The highest BCUT2D eigenvalue weighted by Gasteiger charge is 2.30. The van der Waals surface area contributed by atoms with E-state index in [0.29, 0.717) is 0 Å². The molecule has 3 aromatic rings. The van der Waals surface area contributed by atoms with Crippen LogP contribution in [0.3, 0.4) is 0 Å². The second-order valence-electron chi connectivity index (χ2n) is 7.36. The Bertz CT molecular complexity index is 1070. The summed E-state index contributed by atoms with van der Waals surface area (Å²) < 4.78 is 39.6. The predicted octanol–water partition coefficient (Wildman–Crippen LogP) is 4.53. The van der Waals surface area contributed by atoms with E-state index in [0.717, 1.165) is 22.4 Å². The number of hydrogen-bond acceptors (Lipinski definition) is 4. The summed E-state index contributed by atoms with van der Waals surface area (Å²) >= 11 is 0. The zero-order valence-corrected chi connectivity index (χ0v) is 16.2. The average molecular weight is 412 g/mol. The van der Waals surface area contributed by atoms with Gasteiger partial charge in [-0.25, -0.2) is 8.78 Å². The minimum absolute atomic E-state index is 0.126. The molecule has 2 N–H and O–H groups in total. The normalized spacial score (nSPS) is 21.9. The van der Waals surface area contributed by atoms with E-state index in [1.807, 2.05) is 42.5 Å². The Kier molecular flexibility index (Phi) is 6.08. The molecule has 1 saturated heterocycles. The fourth-order valence-corrected chi connectivity index (χ4v) is 3.60. The van der Waals surface area contributed by atoms with Crippen molar-refractivity contribution in [2.24, 2.45) is 0 Å². The first-order valence-corrected chi connectivity index (χ1v) is 9.79. The molecule has 4 nitrogen and oxygen atoms in total. The van der Waals surface area contributed by atoms with Gasteiger partial charge in [-0.15, -0.1) is 0 Å². The zero-order chi connectivity index (χ0) is 21.1. The average Bonchev–Trinajstić information content (AvgIpc) is 2.73. The van der Waals surface area contributed by atoms with Crippen molar-refractivity contribution >= 4 is 22.9 Å². The van der Waals surface area contributed by atoms with Crippen LogP contribution in [0.15, 0.2) is 54.6 Å². The summed E-state index contributed by atoms with van der Waals surface area (Å²) in [5, 5.41) is 21.4. The van der Waals surface area contributed by atoms with Crippen molar-refractivity contribution in [1.29, 1.82) is 0 Å². The summed E-state index contributed by atoms with van der Waals surface area (Å²) in [5.41, 5.74) is 1.08. The maximum absolute atomic E-state index is 14.5. The molecule has 3 atom stereocenters. The molecule has 156 valence electrons. The van der Waals surface area contributed by atoms with Crippen molar-refractivity contribution in [1.82, 2.24) is 0 Å². The van der Waals surface area contributed by atoms with E-state index in [-0.39, 0.29) is 30.8 Å². The number of fused-ring (bicyclic) bond motifs is 1. The third-order valence-electron chi connectivity index (χ3n) is 5.06. The quantitative estimate of drug-likeness (QED) is 0.605. The van der Waals surface area contributed by atoms with Crippen LogP contribution in [0.1, 0.15) is 24.0 Å². The molecule has 4 rings (SSSR count). The minimum atomic E-state index is -0.946. The largest absolute Gasteiger partial charge is 0.461 e. The second-order valence-corrected chi connectivity index (χ2v) is 7.36. The summed E-state index contributed by atoms with van der Waals surface area (Å²) in [6.45, 7) is -0.280. The maximum Gasteiger partial charge on any atom is 0.202 e.